The largest absolute Gasteiger partial charge is 0.348 e. The van der Waals surface area contributed by atoms with Gasteiger partial charge in [-0.15, -0.1) is 10.2 Å². The molecule has 2 aromatic rings. The molecule has 0 unspecified atom stereocenters. The second-order valence-corrected chi connectivity index (χ2v) is 7.39. The maximum Gasteiger partial charge on any atom is 0.227 e. The number of nitrogens with one attached hydrogen (secondary N) is 1. The van der Waals surface area contributed by atoms with Crippen LogP contribution in [0.3, 0.4) is 0 Å². The molecule has 26 heavy (non-hydrogen) atoms. The van der Waals surface area contributed by atoms with E-state index in [2.05, 4.69) is 46.4 Å². The molecule has 1 saturated heterocycles. The molecule has 1 fully saturated rings. The van der Waals surface area contributed by atoms with E-state index in [4.69, 9.17) is 0 Å². The quantitative estimate of drug-likeness (QED) is 0.827. The molecule has 0 radical (unpaired) electrons. The van der Waals surface area contributed by atoms with Crippen molar-refractivity contribution in [3.05, 3.63) is 48.0 Å². The summed E-state index contributed by atoms with van der Waals surface area (Å²) < 4.78 is 2.02. The number of aromatic nitrogens is 3. The van der Waals surface area contributed by atoms with Gasteiger partial charge in [-0.3, -0.25) is 4.79 Å². The molecule has 6 nitrogen and oxygen atoms in total. The van der Waals surface area contributed by atoms with Crippen LogP contribution in [0.15, 0.2) is 36.7 Å². The number of carbonyl (C=O) groups is 1. The molecule has 1 aliphatic heterocycles. The number of piperidine rings is 1. The number of rotatable bonds is 7. The molecule has 0 spiro atoms. The first kappa shape index (κ1) is 18.6. The molecule has 1 N–H and O–H groups in total. The number of benzene rings is 1. The minimum atomic E-state index is -0.316. The Balaban J connectivity index is 1.55. The standard InChI is InChI=1S/C20H29N5O/c1-3-24-12-7-11-20(2,15-24)19(26)21-14-18-23-22-16-25(18)13-10-17-8-5-4-6-9-17/h4-6,8-9,16H,3,7,10-15H2,1-2H3,(H,21,26)/t20-/m1/s1. The fraction of sp³-hybridized carbons (Fsp3) is 0.550. The molecule has 0 aliphatic carbocycles. The minimum absolute atomic E-state index is 0.119. The normalized spacial score (nSPS) is 20.8. The highest BCUT2D eigenvalue weighted by Crippen LogP contribution is 2.29. The summed E-state index contributed by atoms with van der Waals surface area (Å²) in [7, 11) is 0. The summed E-state index contributed by atoms with van der Waals surface area (Å²) in [6.07, 6.45) is 4.68. The summed E-state index contributed by atoms with van der Waals surface area (Å²) in [6.45, 7) is 8.38. The first-order valence-corrected chi connectivity index (χ1v) is 9.52. The number of aryl methyl sites for hydroxylation is 2. The molecule has 3 rings (SSSR count). The van der Waals surface area contributed by atoms with Crippen LogP contribution in [0.2, 0.25) is 0 Å². The lowest BCUT2D eigenvalue weighted by Gasteiger charge is -2.38. The highest BCUT2D eigenvalue weighted by molar-refractivity contribution is 5.82. The molecule has 2 heterocycles. The number of hydrogen-bond acceptors (Lipinski definition) is 4. The maximum atomic E-state index is 12.8. The van der Waals surface area contributed by atoms with Gasteiger partial charge in [0.25, 0.3) is 0 Å². The summed E-state index contributed by atoms with van der Waals surface area (Å²) in [5.41, 5.74) is 0.967. The first-order valence-electron chi connectivity index (χ1n) is 9.52. The van der Waals surface area contributed by atoms with E-state index in [0.29, 0.717) is 6.54 Å². The third kappa shape index (κ3) is 4.49. The molecule has 1 aromatic carbocycles. The van der Waals surface area contributed by atoms with Gasteiger partial charge in [-0.1, -0.05) is 37.3 Å². The van der Waals surface area contributed by atoms with Gasteiger partial charge in [0.15, 0.2) is 5.82 Å². The van der Waals surface area contributed by atoms with Gasteiger partial charge < -0.3 is 14.8 Å². The average Bonchev–Trinajstić information content (AvgIpc) is 3.12. The van der Waals surface area contributed by atoms with E-state index < -0.39 is 0 Å². The fourth-order valence-electron chi connectivity index (χ4n) is 3.67. The Morgan fingerprint density at radius 1 is 1.31 bits per heavy atom. The van der Waals surface area contributed by atoms with E-state index in [0.717, 1.165) is 51.3 Å². The summed E-state index contributed by atoms with van der Waals surface area (Å²) in [5, 5.41) is 11.3. The van der Waals surface area contributed by atoms with Gasteiger partial charge in [0, 0.05) is 13.1 Å². The molecule has 1 aliphatic rings. The Morgan fingerprint density at radius 2 is 2.12 bits per heavy atom. The van der Waals surface area contributed by atoms with Gasteiger partial charge in [0.05, 0.1) is 12.0 Å². The molecule has 140 valence electrons. The topological polar surface area (TPSA) is 63.1 Å². The van der Waals surface area contributed by atoms with Crippen LogP contribution in [0.5, 0.6) is 0 Å². The molecule has 0 bridgehead atoms. The van der Waals surface area contributed by atoms with Crippen LogP contribution in [0, 0.1) is 5.41 Å². The number of nitrogens with zero attached hydrogens (tertiary/aromatic N) is 4. The lowest BCUT2D eigenvalue weighted by Crippen LogP contribution is -2.50. The monoisotopic (exact) mass is 355 g/mol. The van der Waals surface area contributed by atoms with Crippen molar-refractivity contribution < 1.29 is 4.79 Å². The molecule has 0 saturated carbocycles. The van der Waals surface area contributed by atoms with Crippen molar-refractivity contribution in [1.29, 1.82) is 0 Å². The second kappa shape index (κ2) is 8.45. The molecule has 6 heteroatoms. The Bertz CT molecular complexity index is 714. The summed E-state index contributed by atoms with van der Waals surface area (Å²) in [4.78, 5) is 15.1. The van der Waals surface area contributed by atoms with Crippen LogP contribution < -0.4 is 5.32 Å². The minimum Gasteiger partial charge on any atom is -0.348 e. The van der Waals surface area contributed by atoms with Crippen LogP contribution in [-0.2, 0) is 24.3 Å². The van der Waals surface area contributed by atoms with Crippen molar-refractivity contribution in [2.24, 2.45) is 5.41 Å². The average molecular weight is 355 g/mol. The zero-order valence-electron chi connectivity index (χ0n) is 15.8. The lowest BCUT2D eigenvalue weighted by atomic mass is 9.81. The van der Waals surface area contributed by atoms with Gasteiger partial charge in [0.2, 0.25) is 5.91 Å². The highest BCUT2D eigenvalue weighted by Gasteiger charge is 2.37. The van der Waals surface area contributed by atoms with E-state index in [1.165, 1.54) is 5.56 Å². The van der Waals surface area contributed by atoms with Gasteiger partial charge in [-0.25, -0.2) is 0 Å². The highest BCUT2D eigenvalue weighted by atomic mass is 16.2. The molecular formula is C20H29N5O. The predicted octanol–water partition coefficient (Wildman–Crippen LogP) is 2.26. The summed E-state index contributed by atoms with van der Waals surface area (Å²) >= 11 is 0. The van der Waals surface area contributed by atoms with Crippen molar-refractivity contribution in [3.63, 3.8) is 0 Å². The van der Waals surface area contributed by atoms with Crippen molar-refractivity contribution in [3.8, 4) is 0 Å². The van der Waals surface area contributed by atoms with Crippen LogP contribution in [0.25, 0.3) is 0 Å². The Labute approximate surface area is 155 Å². The molecule has 1 atom stereocenters. The SMILES string of the molecule is CCN1CCC[C@@](C)(C(=O)NCc2nncn2CCc2ccccc2)C1. The zero-order valence-corrected chi connectivity index (χ0v) is 15.8. The van der Waals surface area contributed by atoms with E-state index >= 15 is 0 Å². The van der Waals surface area contributed by atoms with Gasteiger partial charge in [-0.2, -0.15) is 0 Å². The number of likely N-dealkylation sites (tertiary alicyclic amines) is 1. The Kier molecular flexibility index (Phi) is 6.04. The van der Waals surface area contributed by atoms with Crippen molar-refractivity contribution in [1.82, 2.24) is 25.0 Å². The van der Waals surface area contributed by atoms with E-state index in [9.17, 15) is 4.79 Å². The summed E-state index contributed by atoms with van der Waals surface area (Å²) in [5.74, 6) is 0.925. The van der Waals surface area contributed by atoms with Crippen molar-refractivity contribution in [2.75, 3.05) is 19.6 Å². The number of hydrogen-bond donors (Lipinski definition) is 1. The van der Waals surface area contributed by atoms with E-state index in [1.54, 1.807) is 6.33 Å². The first-order chi connectivity index (χ1) is 12.6. The third-order valence-electron chi connectivity index (χ3n) is 5.36. The van der Waals surface area contributed by atoms with Crippen LogP contribution in [-0.4, -0.2) is 45.2 Å². The predicted molar refractivity (Wildman–Crippen MR) is 101 cm³/mol. The van der Waals surface area contributed by atoms with Gasteiger partial charge in [0.1, 0.15) is 6.33 Å². The van der Waals surface area contributed by atoms with Crippen molar-refractivity contribution >= 4 is 5.91 Å². The van der Waals surface area contributed by atoms with Gasteiger partial charge >= 0.3 is 0 Å². The van der Waals surface area contributed by atoms with E-state index in [-0.39, 0.29) is 11.3 Å². The van der Waals surface area contributed by atoms with Crippen LogP contribution in [0.4, 0.5) is 0 Å². The molecule has 1 amide bonds. The maximum absolute atomic E-state index is 12.8. The van der Waals surface area contributed by atoms with Gasteiger partial charge in [-0.05, 0) is 44.8 Å². The lowest BCUT2D eigenvalue weighted by molar-refractivity contribution is -0.133. The molecular weight excluding hydrogens is 326 g/mol. The zero-order chi connectivity index (χ0) is 18.4. The Morgan fingerprint density at radius 3 is 2.88 bits per heavy atom. The second-order valence-electron chi connectivity index (χ2n) is 7.39. The number of carbonyl (C=O) groups excluding carboxylic acids is 1. The van der Waals surface area contributed by atoms with Crippen molar-refractivity contribution in [2.45, 2.75) is 46.2 Å². The van der Waals surface area contributed by atoms with Crippen LogP contribution >= 0.6 is 0 Å². The smallest absolute Gasteiger partial charge is 0.227 e. The Hall–Kier alpha value is -2.21. The number of amides is 1. The van der Waals surface area contributed by atoms with Crippen LogP contribution in [0.1, 0.15) is 38.1 Å². The third-order valence-corrected chi connectivity index (χ3v) is 5.36. The molecule has 1 aromatic heterocycles. The fourth-order valence-corrected chi connectivity index (χ4v) is 3.67. The summed E-state index contributed by atoms with van der Waals surface area (Å²) in [6, 6.07) is 10.4. The van der Waals surface area contributed by atoms with E-state index in [1.807, 2.05) is 22.8 Å².